The van der Waals surface area contributed by atoms with Crippen LogP contribution in [0.25, 0.3) is 0 Å². The largest absolute Gasteiger partial charge is 0.398 e. The molecule has 0 spiro atoms. The number of rotatable bonds is 4. The molecule has 0 aliphatic carbocycles. The standard InChI is InChI=1S/C16H20N4O/c1-20(2)12-5-3-4-10(7-12)6-11-8-13(16(19)21)15(18)9-14(11)17/h3-5,7-9H,6,17-18H2,1-2H3,(H2,19,21). The molecular weight excluding hydrogens is 264 g/mol. The normalized spacial score (nSPS) is 10.4. The number of amides is 1. The second-order valence-corrected chi connectivity index (χ2v) is 5.24. The summed E-state index contributed by atoms with van der Waals surface area (Å²) in [4.78, 5) is 13.4. The minimum Gasteiger partial charge on any atom is -0.398 e. The van der Waals surface area contributed by atoms with Gasteiger partial charge in [0.1, 0.15) is 0 Å². The number of benzene rings is 2. The fourth-order valence-electron chi connectivity index (χ4n) is 2.21. The van der Waals surface area contributed by atoms with E-state index in [9.17, 15) is 4.79 Å². The van der Waals surface area contributed by atoms with E-state index in [1.807, 2.05) is 37.2 Å². The van der Waals surface area contributed by atoms with Crippen molar-refractivity contribution in [2.24, 2.45) is 5.73 Å². The highest BCUT2D eigenvalue weighted by molar-refractivity contribution is 5.99. The lowest BCUT2D eigenvalue weighted by Crippen LogP contribution is -2.15. The summed E-state index contributed by atoms with van der Waals surface area (Å²) in [5.41, 5.74) is 21.3. The van der Waals surface area contributed by atoms with Crippen molar-refractivity contribution in [3.63, 3.8) is 0 Å². The Morgan fingerprint density at radius 2 is 1.81 bits per heavy atom. The highest BCUT2D eigenvalue weighted by atomic mass is 16.1. The topological polar surface area (TPSA) is 98.4 Å². The molecule has 0 fully saturated rings. The summed E-state index contributed by atoms with van der Waals surface area (Å²) in [5.74, 6) is -0.546. The van der Waals surface area contributed by atoms with Crippen molar-refractivity contribution in [3.05, 3.63) is 53.1 Å². The third-order valence-electron chi connectivity index (χ3n) is 3.40. The second kappa shape index (κ2) is 5.75. The number of primary amides is 1. The molecule has 0 radical (unpaired) electrons. The minimum atomic E-state index is -0.546. The van der Waals surface area contributed by atoms with Crippen LogP contribution in [-0.4, -0.2) is 20.0 Å². The molecule has 2 aromatic carbocycles. The number of nitrogen functional groups attached to an aromatic ring is 2. The van der Waals surface area contributed by atoms with Crippen LogP contribution in [0.1, 0.15) is 21.5 Å². The molecule has 0 atom stereocenters. The van der Waals surface area contributed by atoms with Crippen molar-refractivity contribution in [2.75, 3.05) is 30.5 Å². The predicted octanol–water partition coefficient (Wildman–Crippen LogP) is 1.61. The zero-order chi connectivity index (χ0) is 15.6. The van der Waals surface area contributed by atoms with Crippen molar-refractivity contribution in [2.45, 2.75) is 6.42 Å². The van der Waals surface area contributed by atoms with Crippen LogP contribution >= 0.6 is 0 Å². The maximum absolute atomic E-state index is 11.4. The smallest absolute Gasteiger partial charge is 0.250 e. The molecule has 5 heteroatoms. The van der Waals surface area contributed by atoms with Gasteiger partial charge in [0.15, 0.2) is 0 Å². The lowest BCUT2D eigenvalue weighted by atomic mass is 9.99. The lowest BCUT2D eigenvalue weighted by Gasteiger charge is -2.14. The quantitative estimate of drug-likeness (QED) is 0.743. The first-order chi connectivity index (χ1) is 9.88. The first-order valence-corrected chi connectivity index (χ1v) is 6.62. The fourth-order valence-corrected chi connectivity index (χ4v) is 2.21. The number of carbonyl (C=O) groups excluding carboxylic acids is 1. The Morgan fingerprint density at radius 3 is 2.43 bits per heavy atom. The average molecular weight is 284 g/mol. The summed E-state index contributed by atoms with van der Waals surface area (Å²) in [6.07, 6.45) is 0.619. The van der Waals surface area contributed by atoms with Gasteiger partial charge in [-0.25, -0.2) is 0 Å². The van der Waals surface area contributed by atoms with E-state index in [-0.39, 0.29) is 0 Å². The third kappa shape index (κ3) is 3.25. The van der Waals surface area contributed by atoms with Gasteiger partial charge >= 0.3 is 0 Å². The molecule has 0 aliphatic heterocycles. The Labute approximate surface area is 124 Å². The van der Waals surface area contributed by atoms with Crippen molar-refractivity contribution < 1.29 is 4.79 Å². The van der Waals surface area contributed by atoms with E-state index in [1.165, 1.54) is 0 Å². The van der Waals surface area contributed by atoms with Crippen LogP contribution in [0.5, 0.6) is 0 Å². The summed E-state index contributed by atoms with van der Waals surface area (Å²) in [6, 6.07) is 11.4. The molecule has 0 heterocycles. The number of hydrogen-bond acceptors (Lipinski definition) is 4. The van der Waals surface area contributed by atoms with Crippen molar-refractivity contribution in [1.29, 1.82) is 0 Å². The molecular formula is C16H20N4O. The zero-order valence-corrected chi connectivity index (χ0v) is 12.3. The molecule has 0 saturated heterocycles. The van der Waals surface area contributed by atoms with Crippen LogP contribution in [0.15, 0.2) is 36.4 Å². The van der Waals surface area contributed by atoms with Crippen LogP contribution in [0.3, 0.4) is 0 Å². The third-order valence-corrected chi connectivity index (χ3v) is 3.40. The van der Waals surface area contributed by atoms with Gasteiger partial charge in [-0.3, -0.25) is 4.79 Å². The van der Waals surface area contributed by atoms with E-state index in [2.05, 4.69) is 6.07 Å². The molecule has 0 unspecified atom stereocenters. The van der Waals surface area contributed by atoms with E-state index in [1.54, 1.807) is 12.1 Å². The summed E-state index contributed by atoms with van der Waals surface area (Å²) < 4.78 is 0. The summed E-state index contributed by atoms with van der Waals surface area (Å²) in [7, 11) is 3.98. The van der Waals surface area contributed by atoms with E-state index < -0.39 is 5.91 Å². The molecule has 1 amide bonds. The van der Waals surface area contributed by atoms with Crippen molar-refractivity contribution in [1.82, 2.24) is 0 Å². The molecule has 0 saturated carbocycles. The molecule has 110 valence electrons. The summed E-state index contributed by atoms with van der Waals surface area (Å²) in [6.45, 7) is 0. The second-order valence-electron chi connectivity index (χ2n) is 5.24. The number of hydrogen-bond donors (Lipinski definition) is 3. The van der Waals surface area contributed by atoms with Gasteiger partial charge in [-0.15, -0.1) is 0 Å². The minimum absolute atomic E-state index is 0.308. The summed E-state index contributed by atoms with van der Waals surface area (Å²) in [5, 5.41) is 0. The van der Waals surface area contributed by atoms with Gasteiger partial charge in [0.05, 0.1) is 5.56 Å². The Bertz CT molecular complexity index is 680. The zero-order valence-electron chi connectivity index (χ0n) is 12.3. The van der Waals surface area contributed by atoms with E-state index in [0.717, 1.165) is 16.8 Å². The van der Waals surface area contributed by atoms with Crippen LogP contribution in [0, 0.1) is 0 Å². The van der Waals surface area contributed by atoms with Crippen LogP contribution in [0.4, 0.5) is 17.1 Å². The van der Waals surface area contributed by atoms with Gasteiger partial charge in [-0.2, -0.15) is 0 Å². The van der Waals surface area contributed by atoms with E-state index in [0.29, 0.717) is 23.4 Å². The van der Waals surface area contributed by atoms with Crippen LogP contribution in [0.2, 0.25) is 0 Å². The first-order valence-electron chi connectivity index (χ1n) is 6.62. The monoisotopic (exact) mass is 284 g/mol. The Kier molecular flexibility index (Phi) is 4.03. The highest BCUT2D eigenvalue weighted by Crippen LogP contribution is 2.24. The molecule has 2 aromatic rings. The molecule has 2 rings (SSSR count). The maximum Gasteiger partial charge on any atom is 0.250 e. The number of carbonyl (C=O) groups is 1. The molecule has 0 aliphatic rings. The van der Waals surface area contributed by atoms with Gasteiger partial charge in [0.2, 0.25) is 0 Å². The van der Waals surface area contributed by atoms with Crippen LogP contribution in [-0.2, 0) is 6.42 Å². The highest BCUT2D eigenvalue weighted by Gasteiger charge is 2.11. The predicted molar refractivity (Wildman–Crippen MR) is 87.4 cm³/mol. The maximum atomic E-state index is 11.4. The number of nitrogens with two attached hydrogens (primary N) is 3. The van der Waals surface area contributed by atoms with Gasteiger partial charge in [0.25, 0.3) is 5.91 Å². The van der Waals surface area contributed by atoms with Crippen molar-refractivity contribution in [3.8, 4) is 0 Å². The first kappa shape index (κ1) is 14.7. The Morgan fingerprint density at radius 1 is 1.10 bits per heavy atom. The Hall–Kier alpha value is -2.69. The molecule has 0 aromatic heterocycles. The molecule has 21 heavy (non-hydrogen) atoms. The van der Waals surface area contributed by atoms with E-state index >= 15 is 0 Å². The Balaban J connectivity index is 2.37. The lowest BCUT2D eigenvalue weighted by molar-refractivity contribution is 0.100. The number of nitrogens with zero attached hydrogens (tertiary/aromatic N) is 1. The number of anilines is 3. The average Bonchev–Trinajstić information content (AvgIpc) is 2.41. The van der Waals surface area contributed by atoms with Gasteiger partial charge in [-0.1, -0.05) is 12.1 Å². The SMILES string of the molecule is CN(C)c1cccc(Cc2cc(C(N)=O)c(N)cc2N)c1. The molecule has 5 nitrogen and oxygen atoms in total. The summed E-state index contributed by atoms with van der Waals surface area (Å²) >= 11 is 0. The van der Waals surface area contributed by atoms with Crippen LogP contribution < -0.4 is 22.1 Å². The molecule has 0 bridgehead atoms. The van der Waals surface area contributed by atoms with Gasteiger partial charge in [0, 0.05) is 31.2 Å². The van der Waals surface area contributed by atoms with E-state index in [4.69, 9.17) is 17.2 Å². The van der Waals surface area contributed by atoms with Gasteiger partial charge in [-0.05, 0) is 41.8 Å². The van der Waals surface area contributed by atoms with Gasteiger partial charge < -0.3 is 22.1 Å². The molecule has 6 N–H and O–H groups in total. The fraction of sp³-hybridized carbons (Fsp3) is 0.188. The van der Waals surface area contributed by atoms with Crippen molar-refractivity contribution >= 4 is 23.0 Å².